The van der Waals surface area contributed by atoms with Crippen molar-refractivity contribution in [3.05, 3.63) is 64.5 Å². The van der Waals surface area contributed by atoms with Crippen LogP contribution in [0.4, 0.5) is 11.6 Å². The molecule has 0 spiro atoms. The van der Waals surface area contributed by atoms with Crippen LogP contribution in [0.25, 0.3) is 6.08 Å². The van der Waals surface area contributed by atoms with Gasteiger partial charge in [-0.1, -0.05) is 55.3 Å². The van der Waals surface area contributed by atoms with E-state index in [1.165, 1.54) is 18.8 Å². The standard InChI is InChI=1S/C18H20N4O2/c23-22(24)17-13-19-18(20-14-17)21-12-6-2-5-9-16(21)11-10-15-7-3-1-4-8-15/h1,3-4,7-8,10-11,13-14,16H,2,5-6,9,12H2. The van der Waals surface area contributed by atoms with Crippen LogP contribution >= 0.6 is 0 Å². The topological polar surface area (TPSA) is 72.2 Å². The van der Waals surface area contributed by atoms with Gasteiger partial charge in [-0.3, -0.25) is 10.1 Å². The summed E-state index contributed by atoms with van der Waals surface area (Å²) in [6, 6.07) is 10.4. The van der Waals surface area contributed by atoms with E-state index in [0.29, 0.717) is 5.95 Å². The minimum Gasteiger partial charge on any atom is -0.334 e. The Morgan fingerprint density at radius 2 is 1.88 bits per heavy atom. The first-order valence-electron chi connectivity index (χ1n) is 8.20. The van der Waals surface area contributed by atoms with Crippen molar-refractivity contribution in [1.82, 2.24) is 9.97 Å². The van der Waals surface area contributed by atoms with Gasteiger partial charge in [0.25, 0.3) is 0 Å². The number of hydrogen-bond acceptors (Lipinski definition) is 5. The average molecular weight is 324 g/mol. The molecule has 124 valence electrons. The van der Waals surface area contributed by atoms with Gasteiger partial charge in [-0.05, 0) is 18.4 Å². The van der Waals surface area contributed by atoms with Crippen molar-refractivity contribution < 1.29 is 4.92 Å². The van der Waals surface area contributed by atoms with E-state index in [1.807, 2.05) is 18.2 Å². The maximum Gasteiger partial charge on any atom is 0.305 e. The predicted octanol–water partition coefficient (Wildman–Crippen LogP) is 3.85. The summed E-state index contributed by atoms with van der Waals surface area (Å²) in [6.07, 6.45) is 11.3. The molecule has 0 aliphatic carbocycles. The predicted molar refractivity (Wildman–Crippen MR) is 93.8 cm³/mol. The summed E-state index contributed by atoms with van der Waals surface area (Å²) in [5.74, 6) is 0.560. The maximum atomic E-state index is 10.8. The molecule has 0 radical (unpaired) electrons. The van der Waals surface area contributed by atoms with E-state index in [-0.39, 0.29) is 11.7 Å². The van der Waals surface area contributed by atoms with Crippen LogP contribution in [0.5, 0.6) is 0 Å². The minimum absolute atomic E-state index is 0.0788. The normalized spacial score (nSPS) is 18.5. The lowest BCUT2D eigenvalue weighted by Gasteiger charge is -2.27. The Kier molecular flexibility index (Phi) is 5.15. The highest BCUT2D eigenvalue weighted by molar-refractivity contribution is 5.51. The highest BCUT2D eigenvalue weighted by atomic mass is 16.6. The van der Waals surface area contributed by atoms with E-state index >= 15 is 0 Å². The van der Waals surface area contributed by atoms with Crippen molar-refractivity contribution in [3.8, 4) is 0 Å². The summed E-state index contributed by atoms with van der Waals surface area (Å²) >= 11 is 0. The molecule has 2 aromatic rings. The SMILES string of the molecule is O=[N+]([O-])c1cnc(N2CCCCCC2C=Cc2ccccc2)nc1. The molecular weight excluding hydrogens is 304 g/mol. The van der Waals surface area contributed by atoms with Gasteiger partial charge < -0.3 is 4.90 Å². The molecule has 1 aliphatic rings. The molecule has 6 nitrogen and oxygen atoms in total. The molecule has 3 rings (SSSR count). The first-order chi connectivity index (χ1) is 11.7. The van der Waals surface area contributed by atoms with Gasteiger partial charge in [-0.2, -0.15) is 0 Å². The Hall–Kier alpha value is -2.76. The summed E-state index contributed by atoms with van der Waals surface area (Å²) in [4.78, 5) is 20.9. The molecule has 1 atom stereocenters. The van der Waals surface area contributed by atoms with Gasteiger partial charge in [0.05, 0.1) is 11.0 Å². The molecular formula is C18H20N4O2. The Morgan fingerprint density at radius 1 is 1.12 bits per heavy atom. The molecule has 1 unspecified atom stereocenters. The second-order valence-electron chi connectivity index (χ2n) is 5.88. The molecule has 0 amide bonds. The number of nitro groups is 1. The van der Waals surface area contributed by atoms with Crippen LogP contribution in [0.15, 0.2) is 48.8 Å². The van der Waals surface area contributed by atoms with Gasteiger partial charge in [0.2, 0.25) is 5.95 Å². The molecule has 6 heteroatoms. The van der Waals surface area contributed by atoms with Crippen molar-refractivity contribution in [2.24, 2.45) is 0 Å². The van der Waals surface area contributed by atoms with E-state index in [0.717, 1.165) is 31.4 Å². The summed E-state index contributed by atoms with van der Waals surface area (Å²) in [7, 11) is 0. The minimum atomic E-state index is -0.473. The Labute approximate surface area is 141 Å². The van der Waals surface area contributed by atoms with Crippen molar-refractivity contribution >= 4 is 17.7 Å². The quantitative estimate of drug-likeness (QED) is 0.631. The summed E-state index contributed by atoms with van der Waals surface area (Å²) < 4.78 is 0. The highest BCUT2D eigenvalue weighted by Crippen LogP contribution is 2.23. The van der Waals surface area contributed by atoms with Crippen molar-refractivity contribution in [2.45, 2.75) is 31.7 Å². The monoisotopic (exact) mass is 324 g/mol. The Balaban J connectivity index is 1.82. The summed E-state index contributed by atoms with van der Waals surface area (Å²) in [6.45, 7) is 0.863. The van der Waals surface area contributed by atoms with Gasteiger partial charge in [0, 0.05) is 6.54 Å². The Morgan fingerprint density at radius 3 is 2.58 bits per heavy atom. The number of hydrogen-bond donors (Lipinski definition) is 0. The smallest absolute Gasteiger partial charge is 0.305 e. The molecule has 0 bridgehead atoms. The number of anilines is 1. The summed E-state index contributed by atoms with van der Waals surface area (Å²) in [5.41, 5.74) is 1.08. The van der Waals surface area contributed by atoms with Gasteiger partial charge in [-0.25, -0.2) is 9.97 Å². The van der Waals surface area contributed by atoms with Crippen LogP contribution in [0.1, 0.15) is 31.2 Å². The lowest BCUT2D eigenvalue weighted by atomic mass is 10.1. The molecule has 1 saturated heterocycles. The molecule has 1 aromatic heterocycles. The van der Waals surface area contributed by atoms with Crippen LogP contribution in [-0.4, -0.2) is 27.5 Å². The van der Waals surface area contributed by atoms with Crippen LogP contribution in [0.3, 0.4) is 0 Å². The van der Waals surface area contributed by atoms with Crippen molar-refractivity contribution in [3.63, 3.8) is 0 Å². The molecule has 24 heavy (non-hydrogen) atoms. The number of rotatable bonds is 4. The number of nitrogens with zero attached hydrogens (tertiary/aromatic N) is 4. The van der Waals surface area contributed by atoms with Crippen molar-refractivity contribution in [2.75, 3.05) is 11.4 Å². The molecule has 1 aromatic carbocycles. The fourth-order valence-electron chi connectivity index (χ4n) is 2.93. The lowest BCUT2D eigenvalue weighted by molar-refractivity contribution is -0.385. The molecule has 2 heterocycles. The lowest BCUT2D eigenvalue weighted by Crippen LogP contribution is -2.34. The van der Waals surface area contributed by atoms with E-state index in [2.05, 4.69) is 39.2 Å². The van der Waals surface area contributed by atoms with Crippen molar-refractivity contribution in [1.29, 1.82) is 0 Å². The van der Waals surface area contributed by atoms with Gasteiger partial charge >= 0.3 is 5.69 Å². The third kappa shape index (κ3) is 3.95. The fourth-order valence-corrected chi connectivity index (χ4v) is 2.93. The van der Waals surface area contributed by atoms with Gasteiger partial charge in [-0.15, -0.1) is 0 Å². The van der Waals surface area contributed by atoms with Gasteiger partial charge in [0.15, 0.2) is 0 Å². The zero-order valence-electron chi connectivity index (χ0n) is 13.4. The molecule has 0 saturated carbocycles. The zero-order chi connectivity index (χ0) is 16.8. The first-order valence-corrected chi connectivity index (χ1v) is 8.20. The number of aromatic nitrogens is 2. The maximum absolute atomic E-state index is 10.8. The second kappa shape index (κ2) is 7.68. The van der Waals surface area contributed by atoms with Crippen LogP contribution in [0, 0.1) is 10.1 Å². The fraction of sp³-hybridized carbons (Fsp3) is 0.333. The molecule has 1 fully saturated rings. The van der Waals surface area contributed by atoms with Crippen LogP contribution < -0.4 is 4.90 Å². The third-order valence-electron chi connectivity index (χ3n) is 4.20. The third-order valence-corrected chi connectivity index (χ3v) is 4.20. The summed E-state index contributed by atoms with van der Waals surface area (Å²) in [5, 5.41) is 10.8. The first kappa shape index (κ1) is 16.1. The molecule has 0 N–H and O–H groups in total. The highest BCUT2D eigenvalue weighted by Gasteiger charge is 2.22. The second-order valence-corrected chi connectivity index (χ2v) is 5.88. The zero-order valence-corrected chi connectivity index (χ0v) is 13.4. The van der Waals surface area contributed by atoms with E-state index < -0.39 is 4.92 Å². The van der Waals surface area contributed by atoms with Crippen LogP contribution in [-0.2, 0) is 0 Å². The van der Waals surface area contributed by atoms with E-state index in [1.54, 1.807) is 0 Å². The Bertz CT molecular complexity index is 701. The largest absolute Gasteiger partial charge is 0.334 e. The molecule has 1 aliphatic heterocycles. The van der Waals surface area contributed by atoms with E-state index in [9.17, 15) is 10.1 Å². The average Bonchev–Trinajstić information content (AvgIpc) is 2.86. The van der Waals surface area contributed by atoms with E-state index in [4.69, 9.17) is 0 Å². The van der Waals surface area contributed by atoms with Gasteiger partial charge in [0.1, 0.15) is 12.4 Å². The number of benzene rings is 1. The van der Waals surface area contributed by atoms with Crippen LogP contribution in [0.2, 0.25) is 0 Å².